The molecular formula is C17H19IN2. The zero-order valence-electron chi connectivity index (χ0n) is 11.7. The third-order valence-corrected chi connectivity index (χ3v) is 4.46. The van der Waals surface area contributed by atoms with Crippen LogP contribution in [-0.4, -0.2) is 4.98 Å². The second-order valence-corrected chi connectivity index (χ2v) is 5.50. The van der Waals surface area contributed by atoms with Gasteiger partial charge in [0.05, 0.1) is 5.39 Å². The summed E-state index contributed by atoms with van der Waals surface area (Å²) < 4.78 is 2.33. The van der Waals surface area contributed by atoms with Crippen molar-refractivity contribution in [2.45, 2.75) is 39.2 Å². The van der Waals surface area contributed by atoms with Crippen molar-refractivity contribution in [2.24, 2.45) is 0 Å². The highest BCUT2D eigenvalue weighted by Gasteiger charge is 2.19. The van der Waals surface area contributed by atoms with Crippen LogP contribution in [0.1, 0.15) is 31.0 Å². The van der Waals surface area contributed by atoms with Gasteiger partial charge in [-0.15, -0.1) is 0 Å². The van der Waals surface area contributed by atoms with Crippen LogP contribution < -0.4 is 28.5 Å². The molecule has 0 bridgehead atoms. The molecule has 0 amide bonds. The molecule has 3 heteroatoms. The fourth-order valence-corrected chi connectivity index (χ4v) is 3.54. The molecule has 0 aliphatic heterocycles. The maximum atomic E-state index is 3.64. The van der Waals surface area contributed by atoms with E-state index in [1.165, 1.54) is 53.2 Å². The van der Waals surface area contributed by atoms with Gasteiger partial charge in [0.25, 0.3) is 0 Å². The van der Waals surface area contributed by atoms with Crippen molar-refractivity contribution < 1.29 is 28.5 Å². The Labute approximate surface area is 136 Å². The molecule has 2 nitrogen and oxygen atoms in total. The van der Waals surface area contributed by atoms with Gasteiger partial charge < -0.3 is 29.0 Å². The van der Waals surface area contributed by atoms with Gasteiger partial charge in [0.15, 0.2) is 6.20 Å². The number of rotatable bonds is 1. The summed E-state index contributed by atoms with van der Waals surface area (Å²) in [6.07, 6.45) is 7.28. The molecule has 1 aliphatic rings. The van der Waals surface area contributed by atoms with Gasteiger partial charge in [-0.25, -0.2) is 0 Å². The largest absolute Gasteiger partial charge is 1.00 e. The molecule has 4 rings (SSSR count). The Bertz CT molecular complexity index is 773. The topological polar surface area (TPSA) is 19.7 Å². The molecule has 3 aromatic rings. The van der Waals surface area contributed by atoms with Crippen molar-refractivity contribution in [3.63, 3.8) is 0 Å². The second-order valence-electron chi connectivity index (χ2n) is 5.50. The van der Waals surface area contributed by atoms with E-state index in [-0.39, 0.29) is 24.0 Å². The van der Waals surface area contributed by atoms with Crippen molar-refractivity contribution in [1.82, 2.24) is 4.98 Å². The van der Waals surface area contributed by atoms with Crippen LogP contribution in [0.3, 0.4) is 0 Å². The van der Waals surface area contributed by atoms with Gasteiger partial charge in [0.1, 0.15) is 6.54 Å². The molecule has 0 unspecified atom stereocenters. The fourth-order valence-electron chi connectivity index (χ4n) is 3.54. The number of hydrogen-bond acceptors (Lipinski definition) is 0. The lowest BCUT2D eigenvalue weighted by Crippen LogP contribution is -3.00. The van der Waals surface area contributed by atoms with Gasteiger partial charge in [-0.1, -0.05) is 0 Å². The quantitative estimate of drug-likeness (QED) is 0.471. The summed E-state index contributed by atoms with van der Waals surface area (Å²) in [5.41, 5.74) is 5.71. The second kappa shape index (κ2) is 5.35. The first-order valence-electron chi connectivity index (χ1n) is 7.33. The van der Waals surface area contributed by atoms with E-state index in [1.807, 2.05) is 0 Å². The van der Waals surface area contributed by atoms with Crippen molar-refractivity contribution in [3.8, 4) is 0 Å². The van der Waals surface area contributed by atoms with Gasteiger partial charge in [0, 0.05) is 28.7 Å². The molecule has 20 heavy (non-hydrogen) atoms. The maximum absolute atomic E-state index is 3.64. The third-order valence-electron chi connectivity index (χ3n) is 4.46. The maximum Gasteiger partial charge on any atom is 0.213 e. The minimum Gasteiger partial charge on any atom is -1.00 e. The minimum absolute atomic E-state index is 0. The van der Waals surface area contributed by atoms with E-state index in [4.69, 9.17) is 0 Å². The SMILES string of the molecule is CC[n+]1cccc2c3c4c([nH]c3ccc21)CCCC4.[I-]. The highest BCUT2D eigenvalue weighted by molar-refractivity contribution is 6.06. The van der Waals surface area contributed by atoms with Crippen molar-refractivity contribution >= 4 is 21.8 Å². The number of hydrogen-bond donors (Lipinski definition) is 1. The predicted octanol–water partition coefficient (Wildman–Crippen LogP) is 0.511. The first-order valence-corrected chi connectivity index (χ1v) is 7.33. The molecule has 0 saturated carbocycles. The Kier molecular flexibility index (Phi) is 3.71. The molecule has 0 spiro atoms. The Morgan fingerprint density at radius 3 is 2.85 bits per heavy atom. The number of pyridine rings is 1. The van der Waals surface area contributed by atoms with Gasteiger partial charge >= 0.3 is 0 Å². The predicted molar refractivity (Wildman–Crippen MR) is 78.3 cm³/mol. The number of nitrogens with zero attached hydrogens (tertiary/aromatic N) is 1. The normalized spacial score (nSPS) is 14.2. The summed E-state index contributed by atoms with van der Waals surface area (Å²) in [7, 11) is 0. The van der Waals surface area contributed by atoms with Gasteiger partial charge in [0.2, 0.25) is 5.52 Å². The minimum atomic E-state index is 0. The van der Waals surface area contributed by atoms with Gasteiger partial charge in [-0.2, -0.15) is 4.57 Å². The summed E-state index contributed by atoms with van der Waals surface area (Å²) in [6.45, 7) is 3.23. The van der Waals surface area contributed by atoms with E-state index in [1.54, 1.807) is 5.56 Å². The van der Waals surface area contributed by atoms with E-state index in [9.17, 15) is 0 Å². The average Bonchev–Trinajstić information content (AvgIpc) is 2.85. The Balaban J connectivity index is 0.00000121. The summed E-state index contributed by atoms with van der Waals surface area (Å²) in [4.78, 5) is 3.64. The van der Waals surface area contributed by atoms with Crippen LogP contribution in [0.25, 0.3) is 21.8 Å². The summed E-state index contributed by atoms with van der Waals surface area (Å²) >= 11 is 0. The first-order chi connectivity index (χ1) is 9.38. The number of aromatic nitrogens is 2. The highest BCUT2D eigenvalue weighted by atomic mass is 127. The summed E-state index contributed by atoms with van der Waals surface area (Å²) in [5.74, 6) is 0. The first kappa shape index (κ1) is 13.9. The molecule has 1 aliphatic carbocycles. The molecule has 1 aromatic carbocycles. The van der Waals surface area contributed by atoms with Gasteiger partial charge in [-0.05, 0) is 50.3 Å². The van der Waals surface area contributed by atoms with Crippen LogP contribution in [0.2, 0.25) is 0 Å². The molecule has 2 heterocycles. The molecule has 0 fully saturated rings. The Morgan fingerprint density at radius 2 is 2.00 bits per heavy atom. The smallest absolute Gasteiger partial charge is 0.213 e. The van der Waals surface area contributed by atoms with Crippen LogP contribution >= 0.6 is 0 Å². The zero-order chi connectivity index (χ0) is 12.8. The number of aromatic amines is 1. The Morgan fingerprint density at radius 1 is 1.15 bits per heavy atom. The number of aryl methyl sites for hydroxylation is 3. The molecule has 0 radical (unpaired) electrons. The van der Waals surface area contributed by atoms with Crippen molar-refractivity contribution in [1.29, 1.82) is 0 Å². The lowest BCUT2D eigenvalue weighted by molar-refractivity contribution is -0.667. The standard InChI is InChI=1S/C17H18N2.HI/c1-2-19-11-5-7-13-16(19)10-9-15-17(13)12-6-3-4-8-14(12)18-15;/h5,7,9-11H,2-4,6,8H2,1H3;1H. The number of fused-ring (bicyclic) bond motifs is 5. The zero-order valence-corrected chi connectivity index (χ0v) is 13.9. The van der Waals surface area contributed by atoms with Crippen molar-refractivity contribution in [2.75, 3.05) is 0 Å². The molecule has 0 saturated heterocycles. The van der Waals surface area contributed by atoms with E-state index in [0.717, 1.165) is 6.54 Å². The van der Waals surface area contributed by atoms with E-state index in [2.05, 4.69) is 46.9 Å². The Hall–Kier alpha value is -1.10. The van der Waals surface area contributed by atoms with Crippen LogP contribution in [0, 0.1) is 0 Å². The number of nitrogens with one attached hydrogen (secondary N) is 1. The van der Waals surface area contributed by atoms with Crippen LogP contribution in [0.5, 0.6) is 0 Å². The van der Waals surface area contributed by atoms with E-state index in [0.29, 0.717) is 0 Å². The lowest BCUT2D eigenvalue weighted by Gasteiger charge is -2.10. The molecule has 0 atom stereocenters. The molecule has 2 aromatic heterocycles. The van der Waals surface area contributed by atoms with Crippen LogP contribution in [0.4, 0.5) is 0 Å². The number of halogens is 1. The third kappa shape index (κ3) is 1.94. The molecule has 1 N–H and O–H groups in total. The number of benzene rings is 1. The van der Waals surface area contributed by atoms with Crippen LogP contribution in [0.15, 0.2) is 30.5 Å². The molecular weight excluding hydrogens is 359 g/mol. The summed E-state index contributed by atoms with van der Waals surface area (Å²) in [5, 5.41) is 2.87. The van der Waals surface area contributed by atoms with Crippen molar-refractivity contribution in [3.05, 3.63) is 41.7 Å². The monoisotopic (exact) mass is 378 g/mol. The average molecular weight is 378 g/mol. The van der Waals surface area contributed by atoms with E-state index >= 15 is 0 Å². The van der Waals surface area contributed by atoms with E-state index < -0.39 is 0 Å². The highest BCUT2D eigenvalue weighted by Crippen LogP contribution is 2.33. The lowest BCUT2D eigenvalue weighted by atomic mass is 9.94. The molecule has 104 valence electrons. The number of H-pyrrole nitrogens is 1. The fraction of sp³-hybridized carbons (Fsp3) is 0.353. The van der Waals surface area contributed by atoms with Gasteiger partial charge in [-0.3, -0.25) is 0 Å². The summed E-state index contributed by atoms with van der Waals surface area (Å²) in [6, 6.07) is 8.95. The van der Waals surface area contributed by atoms with Crippen LogP contribution in [-0.2, 0) is 19.4 Å².